The van der Waals surface area contributed by atoms with Crippen LogP contribution in [0.15, 0.2) is 53.6 Å². The molecule has 0 saturated heterocycles. The number of aromatic nitrogens is 4. The largest absolute Gasteiger partial charge is 0.337 e. The van der Waals surface area contributed by atoms with Gasteiger partial charge in [-0.2, -0.15) is 10.1 Å². The smallest absolute Gasteiger partial charge is 0.265 e. The fourth-order valence-electron chi connectivity index (χ4n) is 2.49. The van der Waals surface area contributed by atoms with Crippen molar-refractivity contribution in [2.24, 2.45) is 5.10 Å². The predicted octanol–water partition coefficient (Wildman–Crippen LogP) is 3.26. The van der Waals surface area contributed by atoms with Crippen LogP contribution in [0.4, 0.5) is 5.95 Å². The second-order valence-corrected chi connectivity index (χ2v) is 5.24. The fourth-order valence-corrected chi connectivity index (χ4v) is 2.49. The third-order valence-corrected chi connectivity index (χ3v) is 3.64. The second kappa shape index (κ2) is 5.49. The zero-order chi connectivity index (χ0) is 15.6. The van der Waals surface area contributed by atoms with Gasteiger partial charge in [-0.15, -0.1) is 10.2 Å². The van der Waals surface area contributed by atoms with Crippen molar-refractivity contribution in [1.29, 1.82) is 0 Å². The van der Waals surface area contributed by atoms with Gasteiger partial charge in [-0.25, -0.2) is 5.43 Å². The van der Waals surface area contributed by atoms with Crippen LogP contribution in [-0.2, 0) is 0 Å². The topological polar surface area (TPSA) is 78.9 Å². The van der Waals surface area contributed by atoms with Crippen molar-refractivity contribution in [3.8, 4) is 0 Å². The van der Waals surface area contributed by atoms with Crippen molar-refractivity contribution in [2.75, 3.05) is 5.43 Å². The van der Waals surface area contributed by atoms with E-state index in [0.717, 1.165) is 27.5 Å². The number of anilines is 1. The lowest BCUT2D eigenvalue weighted by molar-refractivity contribution is 1.01. The van der Waals surface area contributed by atoms with Crippen molar-refractivity contribution >= 4 is 34.2 Å². The number of para-hydroxylation sites is 1. The molecule has 23 heavy (non-hydrogen) atoms. The molecule has 2 heterocycles. The van der Waals surface area contributed by atoms with E-state index in [1.54, 1.807) is 6.21 Å². The van der Waals surface area contributed by atoms with Crippen molar-refractivity contribution < 1.29 is 0 Å². The second-order valence-electron chi connectivity index (χ2n) is 5.24. The lowest BCUT2D eigenvalue weighted by Crippen LogP contribution is -1.98. The summed E-state index contributed by atoms with van der Waals surface area (Å²) in [4.78, 5) is 7.72. The molecule has 0 aliphatic carbocycles. The quantitative estimate of drug-likeness (QED) is 0.450. The maximum absolute atomic E-state index is 4.43. The first-order chi connectivity index (χ1) is 11.3. The number of hydrogen-bond donors (Lipinski definition) is 2. The van der Waals surface area contributed by atoms with E-state index in [-0.39, 0.29) is 0 Å². The average molecular weight is 302 g/mol. The highest BCUT2D eigenvalue weighted by Gasteiger charge is 2.09. The molecule has 0 radical (unpaired) electrons. The van der Waals surface area contributed by atoms with Crippen molar-refractivity contribution in [3.63, 3.8) is 0 Å². The molecule has 0 fully saturated rings. The van der Waals surface area contributed by atoms with Crippen LogP contribution in [0.1, 0.15) is 11.1 Å². The molecule has 0 bridgehead atoms. The summed E-state index contributed by atoms with van der Waals surface area (Å²) in [6, 6.07) is 15.9. The van der Waals surface area contributed by atoms with E-state index in [1.165, 1.54) is 0 Å². The number of aryl methyl sites for hydroxylation is 1. The molecule has 6 nitrogen and oxygen atoms in total. The molecular formula is C17H14N6. The summed E-state index contributed by atoms with van der Waals surface area (Å²) >= 11 is 0. The summed E-state index contributed by atoms with van der Waals surface area (Å²) in [5.41, 5.74) is 7.45. The molecule has 2 N–H and O–H groups in total. The first-order valence-corrected chi connectivity index (χ1v) is 7.27. The van der Waals surface area contributed by atoms with Gasteiger partial charge >= 0.3 is 0 Å². The third kappa shape index (κ3) is 2.50. The Morgan fingerprint density at radius 3 is 2.78 bits per heavy atom. The zero-order valence-electron chi connectivity index (χ0n) is 12.5. The number of fused-ring (bicyclic) bond motifs is 3. The van der Waals surface area contributed by atoms with E-state index >= 15 is 0 Å². The molecule has 0 unspecified atom stereocenters. The lowest BCUT2D eigenvalue weighted by Gasteiger charge is -1.97. The molecular weight excluding hydrogens is 288 g/mol. The van der Waals surface area contributed by atoms with E-state index in [2.05, 4.69) is 43.7 Å². The van der Waals surface area contributed by atoms with Gasteiger partial charge in [0.25, 0.3) is 5.95 Å². The van der Waals surface area contributed by atoms with E-state index in [1.807, 2.05) is 42.5 Å². The number of H-pyrrole nitrogens is 1. The van der Waals surface area contributed by atoms with Crippen LogP contribution >= 0.6 is 0 Å². The Kier molecular flexibility index (Phi) is 3.20. The monoisotopic (exact) mass is 302 g/mol. The third-order valence-electron chi connectivity index (χ3n) is 3.64. The Morgan fingerprint density at radius 2 is 1.91 bits per heavy atom. The Hall–Kier alpha value is -3.28. The molecule has 0 aliphatic heterocycles. The highest BCUT2D eigenvalue weighted by atomic mass is 15.4. The lowest BCUT2D eigenvalue weighted by atomic mass is 10.1. The molecule has 4 rings (SSSR count). The van der Waals surface area contributed by atoms with Gasteiger partial charge in [0.05, 0.1) is 11.7 Å². The minimum atomic E-state index is 0.355. The summed E-state index contributed by atoms with van der Waals surface area (Å²) in [5.74, 6) is 0.355. The van der Waals surface area contributed by atoms with Gasteiger partial charge in [0.15, 0.2) is 5.65 Å². The van der Waals surface area contributed by atoms with Crippen molar-refractivity contribution in [3.05, 3.63) is 59.7 Å². The maximum atomic E-state index is 4.43. The van der Waals surface area contributed by atoms with Crippen molar-refractivity contribution in [2.45, 2.75) is 6.92 Å². The Balaban J connectivity index is 1.65. The number of rotatable bonds is 3. The number of nitrogens with zero attached hydrogens (tertiary/aromatic N) is 4. The molecule has 4 aromatic rings. The molecule has 0 atom stereocenters. The van der Waals surface area contributed by atoms with Crippen molar-refractivity contribution in [1.82, 2.24) is 20.2 Å². The number of aromatic amines is 1. The zero-order valence-corrected chi connectivity index (χ0v) is 12.5. The van der Waals surface area contributed by atoms with Gasteiger partial charge in [0.2, 0.25) is 0 Å². The number of benzene rings is 2. The van der Waals surface area contributed by atoms with Gasteiger partial charge in [-0.1, -0.05) is 48.5 Å². The number of nitrogens with one attached hydrogen (secondary N) is 2. The van der Waals surface area contributed by atoms with Crippen LogP contribution < -0.4 is 5.43 Å². The summed E-state index contributed by atoms with van der Waals surface area (Å²) in [6.07, 6.45) is 1.71. The average Bonchev–Trinajstić information content (AvgIpc) is 2.95. The molecule has 0 saturated carbocycles. The predicted molar refractivity (Wildman–Crippen MR) is 91.6 cm³/mol. The van der Waals surface area contributed by atoms with Crippen LogP contribution in [-0.4, -0.2) is 26.4 Å². The van der Waals surface area contributed by atoms with Gasteiger partial charge in [0.1, 0.15) is 5.52 Å². The van der Waals surface area contributed by atoms with Crippen LogP contribution in [0.2, 0.25) is 0 Å². The van der Waals surface area contributed by atoms with Crippen LogP contribution in [0.25, 0.3) is 22.1 Å². The normalized spacial score (nSPS) is 11.5. The summed E-state index contributed by atoms with van der Waals surface area (Å²) in [7, 11) is 0. The van der Waals surface area contributed by atoms with Gasteiger partial charge in [0, 0.05) is 5.39 Å². The SMILES string of the molecule is Cc1cccc2c1[nH]c1nc(N/N=C/c3ccccc3)nnc12. The van der Waals surface area contributed by atoms with Crippen LogP contribution in [0.5, 0.6) is 0 Å². The van der Waals surface area contributed by atoms with Gasteiger partial charge < -0.3 is 4.98 Å². The molecule has 0 aliphatic rings. The Labute approximate surface area is 132 Å². The van der Waals surface area contributed by atoms with Gasteiger partial charge in [-0.3, -0.25) is 0 Å². The standard InChI is InChI=1S/C17H14N6/c1-11-6-5-9-13-14(11)19-16-15(13)21-23-17(20-16)22-18-10-12-7-3-2-4-8-12/h2-10H,1H3,(H2,19,20,22,23)/b18-10+. The minimum Gasteiger partial charge on any atom is -0.337 e. The molecule has 2 aromatic carbocycles. The Morgan fingerprint density at radius 1 is 1.04 bits per heavy atom. The number of hydrogen-bond acceptors (Lipinski definition) is 5. The summed E-state index contributed by atoms with van der Waals surface area (Å²) in [6.45, 7) is 2.05. The summed E-state index contributed by atoms with van der Waals surface area (Å²) in [5, 5.41) is 13.5. The summed E-state index contributed by atoms with van der Waals surface area (Å²) < 4.78 is 0. The minimum absolute atomic E-state index is 0.355. The molecule has 0 amide bonds. The molecule has 6 heteroatoms. The Bertz CT molecular complexity index is 1000. The van der Waals surface area contributed by atoms with E-state index in [0.29, 0.717) is 11.6 Å². The molecule has 2 aromatic heterocycles. The fraction of sp³-hybridized carbons (Fsp3) is 0.0588. The van der Waals surface area contributed by atoms with Crippen LogP contribution in [0.3, 0.4) is 0 Å². The van der Waals surface area contributed by atoms with Gasteiger partial charge in [-0.05, 0) is 18.1 Å². The molecule has 112 valence electrons. The molecule has 0 spiro atoms. The highest BCUT2D eigenvalue weighted by molar-refractivity contribution is 6.04. The van der Waals surface area contributed by atoms with E-state index in [9.17, 15) is 0 Å². The highest BCUT2D eigenvalue weighted by Crippen LogP contribution is 2.24. The maximum Gasteiger partial charge on any atom is 0.265 e. The van der Waals surface area contributed by atoms with E-state index < -0.39 is 0 Å². The van der Waals surface area contributed by atoms with E-state index in [4.69, 9.17) is 0 Å². The first-order valence-electron chi connectivity index (χ1n) is 7.27. The number of hydrazone groups is 1. The first kappa shape index (κ1) is 13.4. The van der Waals surface area contributed by atoms with Crippen LogP contribution in [0, 0.1) is 6.92 Å².